The molecule has 0 saturated heterocycles. The molecule has 0 aliphatic carbocycles. The molecule has 2 unspecified atom stereocenters. The van der Waals surface area contributed by atoms with Gasteiger partial charge in [-0.05, 0) is 75.9 Å². The van der Waals surface area contributed by atoms with Gasteiger partial charge in [0.15, 0.2) is 0 Å². The predicted molar refractivity (Wildman–Crippen MR) is 95.0 cm³/mol. The van der Waals surface area contributed by atoms with Crippen molar-refractivity contribution < 1.29 is 0 Å². The molecule has 0 radical (unpaired) electrons. The maximum absolute atomic E-state index is 6.09. The number of halogens is 2. The fourth-order valence-corrected chi connectivity index (χ4v) is 3.08. The smallest absolute Gasteiger partial charge is 0.0473 e. The first kappa shape index (κ1) is 18.1. The minimum absolute atomic E-state index is 0.292. The highest BCUT2D eigenvalue weighted by molar-refractivity contribution is 9.13. The standard InChI is InChI=1S/C16H26Br2N2/c1-4-6-9-20(12(3)5-2)16(11-19)13-7-8-14(17)15(18)10-13/h7-8,10,12,16H,4-6,9,11,19H2,1-3H3. The molecule has 4 heteroatoms. The molecule has 2 atom stereocenters. The molecular formula is C16H26Br2N2. The van der Waals surface area contributed by atoms with E-state index in [-0.39, 0.29) is 0 Å². The second-order valence-electron chi connectivity index (χ2n) is 5.27. The zero-order valence-electron chi connectivity index (χ0n) is 12.7. The van der Waals surface area contributed by atoms with Crippen LogP contribution in [0.4, 0.5) is 0 Å². The lowest BCUT2D eigenvalue weighted by Gasteiger charge is -2.36. The molecule has 0 bridgehead atoms. The molecule has 0 spiro atoms. The third-order valence-corrected chi connectivity index (χ3v) is 5.76. The number of rotatable bonds is 8. The van der Waals surface area contributed by atoms with Crippen LogP contribution in [0, 0.1) is 0 Å². The van der Waals surface area contributed by atoms with Crippen LogP contribution in [0.1, 0.15) is 51.6 Å². The van der Waals surface area contributed by atoms with Crippen LogP contribution in [-0.2, 0) is 0 Å². The van der Waals surface area contributed by atoms with E-state index in [2.05, 4.69) is 75.7 Å². The quantitative estimate of drug-likeness (QED) is 0.650. The summed E-state index contributed by atoms with van der Waals surface area (Å²) >= 11 is 7.12. The van der Waals surface area contributed by atoms with Crippen LogP contribution in [0.25, 0.3) is 0 Å². The molecule has 2 N–H and O–H groups in total. The maximum atomic E-state index is 6.09. The molecule has 1 aromatic rings. The summed E-state index contributed by atoms with van der Waals surface area (Å²) in [7, 11) is 0. The molecule has 0 saturated carbocycles. The Morgan fingerprint density at radius 2 is 1.90 bits per heavy atom. The van der Waals surface area contributed by atoms with E-state index < -0.39 is 0 Å². The van der Waals surface area contributed by atoms with Crippen molar-refractivity contribution in [2.24, 2.45) is 5.73 Å². The zero-order chi connectivity index (χ0) is 15.1. The Labute approximate surface area is 140 Å². The van der Waals surface area contributed by atoms with E-state index >= 15 is 0 Å². The molecule has 0 aliphatic rings. The van der Waals surface area contributed by atoms with Crippen LogP contribution >= 0.6 is 31.9 Å². The van der Waals surface area contributed by atoms with E-state index in [0.29, 0.717) is 18.6 Å². The van der Waals surface area contributed by atoms with Crippen molar-refractivity contribution in [1.29, 1.82) is 0 Å². The number of nitrogens with zero attached hydrogens (tertiary/aromatic N) is 1. The fraction of sp³-hybridized carbons (Fsp3) is 0.625. The van der Waals surface area contributed by atoms with E-state index in [1.54, 1.807) is 0 Å². The first-order chi connectivity index (χ1) is 9.54. The summed E-state index contributed by atoms with van der Waals surface area (Å²) < 4.78 is 2.17. The topological polar surface area (TPSA) is 29.3 Å². The second-order valence-corrected chi connectivity index (χ2v) is 6.98. The van der Waals surface area contributed by atoms with Gasteiger partial charge in [0.05, 0.1) is 0 Å². The zero-order valence-corrected chi connectivity index (χ0v) is 15.9. The van der Waals surface area contributed by atoms with Gasteiger partial charge in [0.25, 0.3) is 0 Å². The molecule has 1 rings (SSSR count). The average Bonchev–Trinajstić information content (AvgIpc) is 2.46. The molecule has 0 aliphatic heterocycles. The summed E-state index contributed by atoms with van der Waals surface area (Å²) in [5, 5.41) is 0. The molecular weight excluding hydrogens is 380 g/mol. The highest BCUT2D eigenvalue weighted by Gasteiger charge is 2.23. The predicted octanol–water partition coefficient (Wildman–Crippen LogP) is 5.11. The Morgan fingerprint density at radius 3 is 2.40 bits per heavy atom. The van der Waals surface area contributed by atoms with E-state index in [1.807, 2.05) is 0 Å². The van der Waals surface area contributed by atoms with Gasteiger partial charge >= 0.3 is 0 Å². The van der Waals surface area contributed by atoms with Crippen molar-refractivity contribution in [2.45, 2.75) is 52.1 Å². The number of hydrogen-bond donors (Lipinski definition) is 1. The van der Waals surface area contributed by atoms with Gasteiger partial charge in [0.2, 0.25) is 0 Å². The molecule has 2 nitrogen and oxygen atoms in total. The van der Waals surface area contributed by atoms with Crippen molar-refractivity contribution in [3.8, 4) is 0 Å². The molecule has 114 valence electrons. The van der Waals surface area contributed by atoms with E-state index in [1.165, 1.54) is 18.4 Å². The van der Waals surface area contributed by atoms with Gasteiger partial charge < -0.3 is 5.73 Å². The lowest BCUT2D eigenvalue weighted by Crippen LogP contribution is -2.40. The third-order valence-electron chi connectivity index (χ3n) is 3.88. The molecule has 20 heavy (non-hydrogen) atoms. The van der Waals surface area contributed by atoms with Crippen LogP contribution < -0.4 is 5.73 Å². The van der Waals surface area contributed by atoms with Gasteiger partial charge in [0, 0.05) is 27.6 Å². The Morgan fingerprint density at radius 1 is 1.20 bits per heavy atom. The van der Waals surface area contributed by atoms with Crippen LogP contribution in [0.5, 0.6) is 0 Å². The Kier molecular flexibility index (Phi) is 8.34. The largest absolute Gasteiger partial charge is 0.329 e. The fourth-order valence-electron chi connectivity index (χ4n) is 2.44. The van der Waals surface area contributed by atoms with Crippen molar-refractivity contribution >= 4 is 31.9 Å². The van der Waals surface area contributed by atoms with Gasteiger partial charge in [0.1, 0.15) is 0 Å². The number of nitrogens with two attached hydrogens (primary N) is 1. The Balaban J connectivity index is 3.01. The van der Waals surface area contributed by atoms with Gasteiger partial charge in [-0.25, -0.2) is 0 Å². The van der Waals surface area contributed by atoms with Gasteiger partial charge in [-0.2, -0.15) is 0 Å². The van der Waals surface area contributed by atoms with Crippen molar-refractivity contribution in [2.75, 3.05) is 13.1 Å². The molecule has 0 aromatic heterocycles. The number of hydrogen-bond acceptors (Lipinski definition) is 2. The van der Waals surface area contributed by atoms with Crippen molar-refractivity contribution in [3.05, 3.63) is 32.7 Å². The third kappa shape index (κ3) is 4.83. The van der Waals surface area contributed by atoms with Crippen molar-refractivity contribution in [3.63, 3.8) is 0 Å². The maximum Gasteiger partial charge on any atom is 0.0473 e. The van der Waals surface area contributed by atoms with Gasteiger partial charge in [-0.15, -0.1) is 0 Å². The van der Waals surface area contributed by atoms with Crippen LogP contribution in [-0.4, -0.2) is 24.0 Å². The molecule has 0 heterocycles. The Hall–Kier alpha value is 0.1000. The van der Waals surface area contributed by atoms with E-state index in [9.17, 15) is 0 Å². The summed E-state index contributed by atoms with van der Waals surface area (Å²) in [4.78, 5) is 2.55. The van der Waals surface area contributed by atoms with Crippen LogP contribution in [0.3, 0.4) is 0 Å². The molecule has 0 fully saturated rings. The summed E-state index contributed by atoms with van der Waals surface area (Å²) in [6, 6.07) is 7.30. The Bertz CT molecular complexity index is 409. The number of unbranched alkanes of at least 4 members (excludes halogenated alkanes) is 1. The van der Waals surface area contributed by atoms with Crippen molar-refractivity contribution in [1.82, 2.24) is 4.90 Å². The minimum Gasteiger partial charge on any atom is -0.329 e. The van der Waals surface area contributed by atoms with E-state index in [4.69, 9.17) is 5.73 Å². The lowest BCUT2D eigenvalue weighted by atomic mass is 10.0. The van der Waals surface area contributed by atoms with Crippen LogP contribution in [0.2, 0.25) is 0 Å². The summed E-state index contributed by atoms with van der Waals surface area (Å²) in [5.74, 6) is 0. The highest BCUT2D eigenvalue weighted by Crippen LogP contribution is 2.30. The molecule has 1 aromatic carbocycles. The summed E-state index contributed by atoms with van der Waals surface area (Å²) in [5.41, 5.74) is 7.38. The molecule has 0 amide bonds. The van der Waals surface area contributed by atoms with E-state index in [0.717, 1.165) is 21.9 Å². The average molecular weight is 406 g/mol. The SMILES string of the molecule is CCCCN(C(C)CC)C(CN)c1ccc(Br)c(Br)c1. The number of benzene rings is 1. The normalized spacial score (nSPS) is 14.6. The van der Waals surface area contributed by atoms with Crippen LogP contribution in [0.15, 0.2) is 27.1 Å². The summed E-state index contributed by atoms with van der Waals surface area (Å²) in [6.07, 6.45) is 3.59. The van der Waals surface area contributed by atoms with Gasteiger partial charge in [-0.1, -0.05) is 26.3 Å². The first-order valence-electron chi connectivity index (χ1n) is 7.45. The first-order valence-corrected chi connectivity index (χ1v) is 9.04. The second kappa shape index (κ2) is 9.19. The highest BCUT2D eigenvalue weighted by atomic mass is 79.9. The monoisotopic (exact) mass is 404 g/mol. The van der Waals surface area contributed by atoms with Gasteiger partial charge in [-0.3, -0.25) is 4.90 Å². The lowest BCUT2D eigenvalue weighted by molar-refractivity contribution is 0.141. The summed E-state index contributed by atoms with van der Waals surface area (Å²) in [6.45, 7) is 8.55. The minimum atomic E-state index is 0.292.